The normalized spacial score (nSPS) is 13.6. The van der Waals surface area contributed by atoms with Gasteiger partial charge in [0.15, 0.2) is 0 Å². The number of aliphatic hydroxyl groups excluding tert-OH is 1. The molecule has 0 fully saturated rings. The van der Waals surface area contributed by atoms with Crippen LogP contribution in [0.4, 0.5) is 0 Å². The van der Waals surface area contributed by atoms with Crippen LogP contribution in [0.1, 0.15) is 19.4 Å². The fourth-order valence-electron chi connectivity index (χ4n) is 1.23. The lowest BCUT2D eigenvalue weighted by atomic mass is 10.1. The van der Waals surface area contributed by atoms with E-state index in [1.54, 1.807) is 24.4 Å². The number of halogens is 1. The van der Waals surface area contributed by atoms with Gasteiger partial charge in [0.2, 0.25) is 0 Å². The zero-order valence-electron chi connectivity index (χ0n) is 9.39. The summed E-state index contributed by atoms with van der Waals surface area (Å²) in [5.41, 5.74) is 0.647. The number of phenolic OH excluding ortho intramolecular Hbond substituents is 1. The van der Waals surface area contributed by atoms with E-state index < -0.39 is 0 Å². The second kappa shape index (κ2) is 6.01. The summed E-state index contributed by atoms with van der Waals surface area (Å²) in [6.07, 6.45) is 1.60. The first-order chi connectivity index (χ1) is 7.54. The van der Waals surface area contributed by atoms with Gasteiger partial charge < -0.3 is 10.2 Å². The summed E-state index contributed by atoms with van der Waals surface area (Å²) in [6, 6.07) is 5.03. The predicted octanol–water partition coefficient (Wildman–Crippen LogP) is 2.59. The highest BCUT2D eigenvalue weighted by Gasteiger charge is 2.09. The zero-order valence-corrected chi connectivity index (χ0v) is 11.0. The summed E-state index contributed by atoms with van der Waals surface area (Å²) in [6.45, 7) is 4.01. The molecule has 0 spiro atoms. The molecule has 0 saturated carbocycles. The standard InChI is InChI=1S/C12H16BrNO2/c1-8(2)11(7-15)14-6-9-5-10(13)3-4-12(9)16/h3-6,8,11,15-16H,7H2,1-2H3. The first-order valence-electron chi connectivity index (χ1n) is 5.17. The summed E-state index contributed by atoms with van der Waals surface area (Å²) < 4.78 is 0.886. The van der Waals surface area contributed by atoms with Crippen LogP contribution in [0.3, 0.4) is 0 Å². The molecule has 1 aromatic rings. The van der Waals surface area contributed by atoms with Crippen LogP contribution in [0.25, 0.3) is 0 Å². The SMILES string of the molecule is CC(C)C(CO)N=Cc1cc(Br)ccc1O. The van der Waals surface area contributed by atoms with Gasteiger partial charge in [-0.15, -0.1) is 0 Å². The van der Waals surface area contributed by atoms with Crippen molar-refractivity contribution >= 4 is 22.1 Å². The van der Waals surface area contributed by atoms with E-state index in [4.69, 9.17) is 5.11 Å². The van der Waals surface area contributed by atoms with Crippen molar-refractivity contribution < 1.29 is 10.2 Å². The average Bonchev–Trinajstić information content (AvgIpc) is 2.23. The fraction of sp³-hybridized carbons (Fsp3) is 0.417. The van der Waals surface area contributed by atoms with Gasteiger partial charge in [-0.05, 0) is 24.1 Å². The average molecular weight is 286 g/mol. The molecule has 1 atom stereocenters. The molecule has 0 saturated heterocycles. The van der Waals surface area contributed by atoms with E-state index >= 15 is 0 Å². The highest BCUT2D eigenvalue weighted by Crippen LogP contribution is 2.20. The molecule has 2 N–H and O–H groups in total. The largest absolute Gasteiger partial charge is 0.507 e. The molecule has 0 aliphatic carbocycles. The van der Waals surface area contributed by atoms with E-state index in [-0.39, 0.29) is 24.3 Å². The highest BCUT2D eigenvalue weighted by atomic mass is 79.9. The van der Waals surface area contributed by atoms with E-state index in [9.17, 15) is 5.11 Å². The number of nitrogens with zero attached hydrogens (tertiary/aromatic N) is 1. The molecule has 1 aromatic carbocycles. The predicted molar refractivity (Wildman–Crippen MR) is 69.1 cm³/mol. The third-order valence-corrected chi connectivity index (χ3v) is 2.84. The van der Waals surface area contributed by atoms with Crippen LogP contribution in [0.2, 0.25) is 0 Å². The molecule has 3 nitrogen and oxygen atoms in total. The Kier molecular flexibility index (Phi) is 4.96. The van der Waals surface area contributed by atoms with Crippen LogP contribution < -0.4 is 0 Å². The Bertz CT molecular complexity index is 377. The van der Waals surface area contributed by atoms with Gasteiger partial charge in [-0.1, -0.05) is 29.8 Å². The topological polar surface area (TPSA) is 52.8 Å². The molecular weight excluding hydrogens is 270 g/mol. The van der Waals surface area contributed by atoms with Crippen molar-refractivity contribution in [1.29, 1.82) is 0 Å². The fourth-order valence-corrected chi connectivity index (χ4v) is 1.61. The number of rotatable bonds is 4. The van der Waals surface area contributed by atoms with Gasteiger partial charge in [0.25, 0.3) is 0 Å². The minimum absolute atomic E-state index is 0.0168. The summed E-state index contributed by atoms with van der Waals surface area (Å²) in [4.78, 5) is 4.26. The van der Waals surface area contributed by atoms with Gasteiger partial charge in [-0.3, -0.25) is 4.99 Å². The van der Waals surface area contributed by atoms with Crippen LogP contribution in [-0.4, -0.2) is 29.1 Å². The maximum atomic E-state index is 9.58. The molecule has 0 amide bonds. The van der Waals surface area contributed by atoms with Crippen molar-refractivity contribution in [3.05, 3.63) is 28.2 Å². The summed E-state index contributed by atoms with van der Waals surface area (Å²) in [7, 11) is 0. The van der Waals surface area contributed by atoms with Crippen LogP contribution in [0.15, 0.2) is 27.7 Å². The summed E-state index contributed by atoms with van der Waals surface area (Å²) in [5.74, 6) is 0.461. The van der Waals surface area contributed by atoms with Crippen molar-refractivity contribution in [3.8, 4) is 5.75 Å². The van der Waals surface area contributed by atoms with Crippen LogP contribution in [0.5, 0.6) is 5.75 Å². The molecule has 1 unspecified atom stereocenters. The number of aliphatic hydroxyl groups is 1. The van der Waals surface area contributed by atoms with Crippen molar-refractivity contribution in [2.24, 2.45) is 10.9 Å². The monoisotopic (exact) mass is 285 g/mol. The van der Waals surface area contributed by atoms with Gasteiger partial charge in [0, 0.05) is 16.3 Å². The number of phenols is 1. The third kappa shape index (κ3) is 3.61. The van der Waals surface area contributed by atoms with Gasteiger partial charge in [0.1, 0.15) is 5.75 Å². The second-order valence-corrected chi connectivity index (χ2v) is 4.89. The summed E-state index contributed by atoms with van der Waals surface area (Å²) in [5, 5.41) is 18.7. The Hall–Kier alpha value is -0.870. The van der Waals surface area contributed by atoms with Crippen molar-refractivity contribution in [3.63, 3.8) is 0 Å². The lowest BCUT2D eigenvalue weighted by Crippen LogP contribution is -2.17. The molecule has 0 aromatic heterocycles. The molecule has 0 heterocycles. The van der Waals surface area contributed by atoms with E-state index in [1.165, 1.54) is 0 Å². The first kappa shape index (κ1) is 13.2. The minimum Gasteiger partial charge on any atom is -0.507 e. The number of hydrogen-bond donors (Lipinski definition) is 2. The molecule has 0 bridgehead atoms. The van der Waals surface area contributed by atoms with Gasteiger partial charge in [-0.2, -0.15) is 0 Å². The van der Waals surface area contributed by atoms with Crippen molar-refractivity contribution in [2.45, 2.75) is 19.9 Å². The molecular formula is C12H16BrNO2. The maximum Gasteiger partial charge on any atom is 0.124 e. The lowest BCUT2D eigenvalue weighted by molar-refractivity contribution is 0.240. The molecule has 16 heavy (non-hydrogen) atoms. The first-order valence-corrected chi connectivity index (χ1v) is 5.96. The van der Waals surface area contributed by atoms with Crippen LogP contribution >= 0.6 is 15.9 Å². The van der Waals surface area contributed by atoms with Gasteiger partial charge in [-0.25, -0.2) is 0 Å². The Morgan fingerprint density at radius 3 is 2.69 bits per heavy atom. The lowest BCUT2D eigenvalue weighted by Gasteiger charge is -2.12. The number of aromatic hydroxyl groups is 1. The number of hydrogen-bond acceptors (Lipinski definition) is 3. The highest BCUT2D eigenvalue weighted by molar-refractivity contribution is 9.10. The van der Waals surface area contributed by atoms with E-state index in [2.05, 4.69) is 20.9 Å². The number of aliphatic imine (C=N–C) groups is 1. The van der Waals surface area contributed by atoms with Crippen LogP contribution in [0, 0.1) is 5.92 Å². The molecule has 0 radical (unpaired) electrons. The number of benzene rings is 1. The van der Waals surface area contributed by atoms with Gasteiger partial charge >= 0.3 is 0 Å². The molecule has 88 valence electrons. The van der Waals surface area contributed by atoms with Crippen molar-refractivity contribution in [2.75, 3.05) is 6.61 Å². The molecule has 0 aliphatic rings. The smallest absolute Gasteiger partial charge is 0.124 e. The summed E-state index contributed by atoms with van der Waals surface area (Å²) >= 11 is 3.33. The zero-order chi connectivity index (χ0) is 12.1. The Balaban J connectivity index is 2.86. The Morgan fingerprint density at radius 2 is 2.12 bits per heavy atom. The molecule has 4 heteroatoms. The van der Waals surface area contributed by atoms with E-state index in [0.29, 0.717) is 5.56 Å². The second-order valence-electron chi connectivity index (χ2n) is 3.98. The van der Waals surface area contributed by atoms with E-state index in [1.807, 2.05) is 13.8 Å². The minimum atomic E-state index is -0.126. The Morgan fingerprint density at radius 1 is 1.44 bits per heavy atom. The molecule has 1 rings (SSSR count). The van der Waals surface area contributed by atoms with Crippen LogP contribution in [-0.2, 0) is 0 Å². The van der Waals surface area contributed by atoms with Crippen molar-refractivity contribution in [1.82, 2.24) is 0 Å². The Labute approximate surface area is 104 Å². The quantitative estimate of drug-likeness (QED) is 0.836. The third-order valence-electron chi connectivity index (χ3n) is 2.35. The maximum absolute atomic E-state index is 9.58. The van der Waals surface area contributed by atoms with E-state index in [0.717, 1.165) is 4.47 Å². The van der Waals surface area contributed by atoms with Gasteiger partial charge in [0.05, 0.1) is 12.6 Å². The molecule has 0 aliphatic heterocycles.